The van der Waals surface area contributed by atoms with E-state index in [9.17, 15) is 19.2 Å². The first-order chi connectivity index (χ1) is 16.4. The fourth-order valence-corrected chi connectivity index (χ4v) is 4.28. The van der Waals surface area contributed by atoms with E-state index in [0.29, 0.717) is 11.4 Å². The van der Waals surface area contributed by atoms with Crippen molar-refractivity contribution in [3.05, 3.63) is 119 Å². The van der Waals surface area contributed by atoms with E-state index in [1.807, 2.05) is 43.3 Å². The van der Waals surface area contributed by atoms with Gasteiger partial charge in [0.05, 0.1) is 11.4 Å². The van der Waals surface area contributed by atoms with Crippen LogP contribution in [0.25, 0.3) is 0 Å². The van der Waals surface area contributed by atoms with Crippen LogP contribution in [0.15, 0.2) is 97.1 Å². The van der Waals surface area contributed by atoms with Crippen molar-refractivity contribution in [3.8, 4) is 0 Å². The van der Waals surface area contributed by atoms with Gasteiger partial charge in [-0.05, 0) is 47.9 Å². The summed E-state index contributed by atoms with van der Waals surface area (Å²) in [6.45, 7) is 2.03. The van der Waals surface area contributed by atoms with Crippen molar-refractivity contribution >= 4 is 35.0 Å². The highest BCUT2D eigenvalue weighted by atomic mass is 16.2. The van der Waals surface area contributed by atoms with E-state index in [1.54, 1.807) is 24.3 Å². The molecule has 0 N–H and O–H groups in total. The predicted molar refractivity (Wildman–Crippen MR) is 128 cm³/mol. The third kappa shape index (κ3) is 3.75. The summed E-state index contributed by atoms with van der Waals surface area (Å²) >= 11 is 0. The molecular formula is C28H20N2O4. The molecule has 0 spiro atoms. The zero-order valence-electron chi connectivity index (χ0n) is 18.3. The van der Waals surface area contributed by atoms with E-state index in [4.69, 9.17) is 0 Å². The predicted octanol–water partition coefficient (Wildman–Crippen LogP) is 4.03. The van der Waals surface area contributed by atoms with E-state index in [2.05, 4.69) is 12.1 Å². The van der Waals surface area contributed by atoms with Crippen molar-refractivity contribution in [3.63, 3.8) is 0 Å². The maximum Gasteiger partial charge on any atom is 0.258 e. The molecule has 6 nitrogen and oxygen atoms in total. The van der Waals surface area contributed by atoms with Crippen LogP contribution in [-0.4, -0.2) is 23.6 Å². The van der Waals surface area contributed by atoms with Crippen LogP contribution in [0.1, 0.15) is 28.2 Å². The molecule has 3 aromatic carbocycles. The summed E-state index contributed by atoms with van der Waals surface area (Å²) in [7, 11) is 0. The lowest BCUT2D eigenvalue weighted by Gasteiger charge is -2.22. The van der Waals surface area contributed by atoms with Gasteiger partial charge in [-0.25, -0.2) is 9.80 Å². The molecule has 6 heteroatoms. The Hall–Kier alpha value is -4.58. The number of carbonyl (C=O) groups excluding carboxylic acids is 4. The van der Waals surface area contributed by atoms with Crippen LogP contribution < -0.4 is 9.80 Å². The van der Waals surface area contributed by atoms with Gasteiger partial charge < -0.3 is 0 Å². The minimum absolute atomic E-state index is 0.130. The molecular weight excluding hydrogens is 428 g/mol. The lowest BCUT2D eigenvalue weighted by Crippen LogP contribution is -2.29. The Bertz CT molecular complexity index is 1250. The number of carbonyl (C=O) groups is 4. The number of imide groups is 2. The van der Waals surface area contributed by atoms with Gasteiger partial charge >= 0.3 is 0 Å². The molecule has 4 amide bonds. The average Bonchev–Trinajstić information content (AvgIpc) is 3.36. The quantitative estimate of drug-likeness (QED) is 0.436. The lowest BCUT2D eigenvalue weighted by molar-refractivity contribution is -0.121. The van der Waals surface area contributed by atoms with Gasteiger partial charge in [-0.15, -0.1) is 0 Å². The first-order valence-electron chi connectivity index (χ1n) is 10.8. The largest absolute Gasteiger partial charge is 0.269 e. The molecule has 0 aliphatic carbocycles. The number of hydrogen-bond donors (Lipinski definition) is 0. The molecule has 0 unspecified atom stereocenters. The van der Waals surface area contributed by atoms with E-state index in [0.717, 1.165) is 32.1 Å². The number of hydrogen-bond acceptors (Lipinski definition) is 4. The Morgan fingerprint density at radius 1 is 0.471 bits per heavy atom. The maximum absolute atomic E-state index is 12.0. The number of aryl methyl sites for hydroxylation is 1. The van der Waals surface area contributed by atoms with Gasteiger partial charge in [0.25, 0.3) is 23.6 Å². The summed E-state index contributed by atoms with van der Waals surface area (Å²) in [5, 5.41) is 0. The average molecular weight is 448 g/mol. The van der Waals surface area contributed by atoms with Crippen LogP contribution in [0, 0.1) is 6.92 Å². The molecule has 0 aromatic heterocycles. The Labute approximate surface area is 196 Å². The molecule has 0 saturated carbocycles. The zero-order valence-corrected chi connectivity index (χ0v) is 18.3. The molecule has 3 aromatic rings. The van der Waals surface area contributed by atoms with Crippen molar-refractivity contribution in [2.75, 3.05) is 9.80 Å². The molecule has 2 heterocycles. The monoisotopic (exact) mass is 448 g/mol. The summed E-state index contributed by atoms with van der Waals surface area (Å²) in [5.41, 5.74) is 5.19. The second kappa shape index (κ2) is 8.41. The van der Waals surface area contributed by atoms with E-state index < -0.39 is 0 Å². The number of benzene rings is 3. The molecule has 0 radical (unpaired) electrons. The fraction of sp³-hybridized carbons (Fsp3) is 0.0714. The number of rotatable bonds is 5. The van der Waals surface area contributed by atoms with Crippen LogP contribution in [0.2, 0.25) is 0 Å². The van der Waals surface area contributed by atoms with Gasteiger partial charge in [-0.3, -0.25) is 19.2 Å². The number of nitrogens with zero attached hydrogens (tertiary/aromatic N) is 2. The molecule has 0 atom stereocenters. The highest BCUT2D eigenvalue weighted by molar-refractivity contribution is 6.28. The summed E-state index contributed by atoms with van der Waals surface area (Å²) in [6.07, 6.45) is 5.05. The molecule has 2 aliphatic heterocycles. The molecule has 0 bridgehead atoms. The van der Waals surface area contributed by atoms with Gasteiger partial charge in [0.2, 0.25) is 0 Å². The highest BCUT2D eigenvalue weighted by Gasteiger charge is 2.27. The van der Waals surface area contributed by atoms with E-state index >= 15 is 0 Å². The van der Waals surface area contributed by atoms with Gasteiger partial charge in [-0.1, -0.05) is 54.1 Å². The third-order valence-electron chi connectivity index (χ3n) is 6.00. The summed E-state index contributed by atoms with van der Waals surface area (Å²) in [6, 6.07) is 22.9. The van der Waals surface area contributed by atoms with Gasteiger partial charge in [0.15, 0.2) is 0 Å². The van der Waals surface area contributed by atoms with Crippen molar-refractivity contribution in [2.24, 2.45) is 0 Å². The number of amides is 4. The molecule has 5 rings (SSSR count). The minimum Gasteiger partial charge on any atom is -0.269 e. The lowest BCUT2D eigenvalue weighted by atomic mass is 9.84. The summed E-state index contributed by atoms with van der Waals surface area (Å²) < 4.78 is 0. The van der Waals surface area contributed by atoms with Crippen LogP contribution in [0.4, 0.5) is 11.4 Å². The maximum atomic E-state index is 12.0. The van der Waals surface area contributed by atoms with Crippen molar-refractivity contribution in [1.82, 2.24) is 0 Å². The number of anilines is 2. The van der Waals surface area contributed by atoms with Crippen LogP contribution in [-0.2, 0) is 19.2 Å². The minimum atomic E-state index is -0.357. The van der Waals surface area contributed by atoms with E-state index in [-0.39, 0.29) is 29.5 Å². The summed E-state index contributed by atoms with van der Waals surface area (Å²) in [4.78, 5) is 50.4. The third-order valence-corrected chi connectivity index (χ3v) is 6.00. The Kier molecular flexibility index (Phi) is 5.26. The topological polar surface area (TPSA) is 74.8 Å². The van der Waals surface area contributed by atoms with Crippen LogP contribution in [0.3, 0.4) is 0 Å². The second-order valence-corrected chi connectivity index (χ2v) is 8.22. The van der Waals surface area contributed by atoms with Crippen molar-refractivity contribution < 1.29 is 19.2 Å². The van der Waals surface area contributed by atoms with Gasteiger partial charge in [0, 0.05) is 30.2 Å². The molecule has 0 saturated heterocycles. The fourth-order valence-electron chi connectivity index (χ4n) is 4.28. The smallest absolute Gasteiger partial charge is 0.258 e. The second-order valence-electron chi connectivity index (χ2n) is 8.22. The summed E-state index contributed by atoms with van der Waals surface area (Å²) in [5.74, 6) is -1.56. The highest BCUT2D eigenvalue weighted by Crippen LogP contribution is 2.35. The molecule has 0 fully saturated rings. The van der Waals surface area contributed by atoms with Gasteiger partial charge in [-0.2, -0.15) is 0 Å². The van der Waals surface area contributed by atoms with Crippen LogP contribution in [0.5, 0.6) is 0 Å². The standard InChI is InChI=1S/C28H20N2O4/c1-18-2-4-19(5-3-18)28(20-6-10-22(11-7-20)29-24(31)14-15-25(29)32)21-8-12-23(13-9-21)30-26(33)16-17-27(30)34/h2-17,28H,1H3. The molecule has 166 valence electrons. The normalized spacial score (nSPS) is 15.4. The van der Waals surface area contributed by atoms with E-state index in [1.165, 1.54) is 24.3 Å². The van der Waals surface area contributed by atoms with Crippen molar-refractivity contribution in [2.45, 2.75) is 12.8 Å². The molecule has 2 aliphatic rings. The Morgan fingerprint density at radius 3 is 1.09 bits per heavy atom. The molecule has 34 heavy (non-hydrogen) atoms. The van der Waals surface area contributed by atoms with Gasteiger partial charge in [0.1, 0.15) is 0 Å². The first-order valence-corrected chi connectivity index (χ1v) is 10.8. The Balaban J connectivity index is 1.51. The zero-order chi connectivity index (χ0) is 23.8. The van der Waals surface area contributed by atoms with Crippen LogP contribution >= 0.6 is 0 Å². The SMILES string of the molecule is Cc1ccc(C(c2ccc(N3C(=O)C=CC3=O)cc2)c2ccc(N3C(=O)C=CC3=O)cc2)cc1. The Morgan fingerprint density at radius 2 is 0.765 bits per heavy atom. The van der Waals surface area contributed by atoms with Crippen molar-refractivity contribution in [1.29, 1.82) is 0 Å². The first kappa shape index (κ1) is 21.3.